The van der Waals surface area contributed by atoms with E-state index in [-0.39, 0.29) is 12.8 Å². The van der Waals surface area contributed by atoms with Gasteiger partial charge in [0.15, 0.2) is 0 Å². The standard InChI is InChI=1S/C29H36N4O6/c1-8-33(27(36)23(16-17-24(30)34)32-28(37)39-29(4,5)6)25(22-11-9-10-18(2)19(22)3)26(35)31-20-12-14-21(38-7)15-13-20/h1,9-15,23,25H,16-17H2,2-7H3,(H2,30,34)(H,31,35)(H,32,37). The van der Waals surface area contributed by atoms with Crippen LogP contribution in [0, 0.1) is 26.3 Å². The van der Waals surface area contributed by atoms with Crippen molar-refractivity contribution in [2.24, 2.45) is 5.73 Å². The van der Waals surface area contributed by atoms with Crippen LogP contribution >= 0.6 is 0 Å². The van der Waals surface area contributed by atoms with Gasteiger partial charge in [-0.1, -0.05) is 24.6 Å². The van der Waals surface area contributed by atoms with E-state index < -0.39 is 41.5 Å². The summed E-state index contributed by atoms with van der Waals surface area (Å²) < 4.78 is 10.5. The van der Waals surface area contributed by atoms with Crippen LogP contribution in [0.3, 0.4) is 0 Å². The zero-order valence-corrected chi connectivity index (χ0v) is 23.2. The molecule has 2 aromatic carbocycles. The molecule has 0 aliphatic heterocycles. The van der Waals surface area contributed by atoms with Crippen LogP contribution in [-0.2, 0) is 19.1 Å². The lowest BCUT2D eigenvalue weighted by atomic mass is 9.95. The summed E-state index contributed by atoms with van der Waals surface area (Å²) in [4.78, 5) is 52.5. The first kappa shape index (κ1) is 30.7. The maximum absolute atomic E-state index is 13.8. The average Bonchev–Trinajstić information content (AvgIpc) is 2.85. The molecule has 2 aromatic rings. The van der Waals surface area contributed by atoms with E-state index in [4.69, 9.17) is 21.6 Å². The molecule has 0 saturated heterocycles. The van der Waals surface area contributed by atoms with E-state index in [0.29, 0.717) is 17.0 Å². The number of nitrogens with one attached hydrogen (secondary N) is 2. The summed E-state index contributed by atoms with van der Waals surface area (Å²) in [7, 11) is 1.53. The number of nitrogens with zero attached hydrogens (tertiary/aromatic N) is 1. The third-order valence-electron chi connectivity index (χ3n) is 5.85. The molecule has 0 aliphatic carbocycles. The highest BCUT2D eigenvalue weighted by Crippen LogP contribution is 2.29. The molecule has 0 aliphatic rings. The third-order valence-corrected chi connectivity index (χ3v) is 5.85. The number of benzene rings is 2. The number of alkyl carbamates (subject to hydrolysis) is 1. The number of aryl methyl sites for hydroxylation is 1. The SMILES string of the molecule is C#CN(C(=O)C(CCC(N)=O)NC(=O)OC(C)(C)C)C(C(=O)Nc1ccc(OC)cc1)c1cccc(C)c1C. The molecule has 2 rings (SSSR count). The smallest absolute Gasteiger partial charge is 0.408 e. The average molecular weight is 537 g/mol. The van der Waals surface area contributed by atoms with Gasteiger partial charge in [0.05, 0.1) is 7.11 Å². The van der Waals surface area contributed by atoms with E-state index in [2.05, 4.69) is 16.7 Å². The van der Waals surface area contributed by atoms with Gasteiger partial charge in [0.1, 0.15) is 23.4 Å². The molecule has 39 heavy (non-hydrogen) atoms. The quantitative estimate of drug-likeness (QED) is 0.313. The van der Waals surface area contributed by atoms with Gasteiger partial charge < -0.3 is 25.8 Å². The van der Waals surface area contributed by atoms with Crippen molar-refractivity contribution in [2.75, 3.05) is 12.4 Å². The summed E-state index contributed by atoms with van der Waals surface area (Å²) in [6.45, 7) is 8.70. The van der Waals surface area contributed by atoms with Crippen LogP contribution in [0.1, 0.15) is 56.3 Å². The molecular weight excluding hydrogens is 500 g/mol. The number of amides is 4. The van der Waals surface area contributed by atoms with Crippen LogP contribution in [0.2, 0.25) is 0 Å². The minimum absolute atomic E-state index is 0.148. The second-order valence-corrected chi connectivity index (χ2v) is 9.95. The molecule has 208 valence electrons. The lowest BCUT2D eigenvalue weighted by molar-refractivity contribution is -0.137. The molecule has 0 bridgehead atoms. The number of terminal acetylenes is 1. The van der Waals surface area contributed by atoms with Crippen molar-refractivity contribution in [1.82, 2.24) is 10.2 Å². The fourth-order valence-corrected chi connectivity index (χ4v) is 3.78. The number of nitrogens with two attached hydrogens (primary N) is 1. The number of methoxy groups -OCH3 is 1. The molecule has 0 spiro atoms. The Hall–Kier alpha value is -4.52. The van der Waals surface area contributed by atoms with Crippen molar-refractivity contribution in [3.63, 3.8) is 0 Å². The van der Waals surface area contributed by atoms with Gasteiger partial charge in [0.25, 0.3) is 11.8 Å². The van der Waals surface area contributed by atoms with Crippen LogP contribution in [0.5, 0.6) is 5.75 Å². The number of carbonyl (C=O) groups is 4. The molecule has 0 heterocycles. The Balaban J connectivity index is 2.51. The zero-order chi connectivity index (χ0) is 29.3. The van der Waals surface area contributed by atoms with Crippen molar-refractivity contribution in [2.45, 2.75) is 65.1 Å². The Labute approximate surface area is 229 Å². The Morgan fingerprint density at radius 1 is 1.08 bits per heavy atom. The minimum Gasteiger partial charge on any atom is -0.497 e. The second-order valence-electron chi connectivity index (χ2n) is 9.95. The molecule has 10 heteroatoms. The van der Waals surface area contributed by atoms with E-state index in [0.717, 1.165) is 16.0 Å². The highest BCUT2D eigenvalue weighted by atomic mass is 16.6. The number of rotatable bonds is 10. The van der Waals surface area contributed by atoms with Gasteiger partial charge >= 0.3 is 6.09 Å². The summed E-state index contributed by atoms with van der Waals surface area (Å²) >= 11 is 0. The van der Waals surface area contributed by atoms with Crippen molar-refractivity contribution < 1.29 is 28.7 Å². The molecule has 0 aromatic heterocycles. The number of carbonyl (C=O) groups excluding carboxylic acids is 4. The minimum atomic E-state index is -1.29. The van der Waals surface area contributed by atoms with E-state index in [1.54, 1.807) is 57.2 Å². The van der Waals surface area contributed by atoms with Gasteiger partial charge in [0, 0.05) is 18.2 Å². The number of hydrogen-bond donors (Lipinski definition) is 3. The predicted octanol–water partition coefficient (Wildman–Crippen LogP) is 3.57. The molecule has 0 radical (unpaired) electrons. The number of anilines is 1. The van der Waals surface area contributed by atoms with E-state index in [1.165, 1.54) is 7.11 Å². The number of hydrogen-bond acceptors (Lipinski definition) is 6. The second kappa shape index (κ2) is 13.3. The Bertz CT molecular complexity index is 1240. The van der Waals surface area contributed by atoms with Gasteiger partial charge in [-0.15, -0.1) is 0 Å². The van der Waals surface area contributed by atoms with Gasteiger partial charge in [-0.3, -0.25) is 19.3 Å². The first-order valence-corrected chi connectivity index (χ1v) is 12.4. The maximum atomic E-state index is 13.8. The Kier molecular flexibility index (Phi) is 10.5. The van der Waals surface area contributed by atoms with E-state index in [1.807, 2.05) is 19.9 Å². The highest BCUT2D eigenvalue weighted by molar-refractivity contribution is 6.00. The molecule has 4 amide bonds. The van der Waals surface area contributed by atoms with Crippen LogP contribution in [0.25, 0.3) is 0 Å². The number of primary amides is 1. The van der Waals surface area contributed by atoms with Crippen LogP contribution in [0.4, 0.5) is 10.5 Å². The van der Waals surface area contributed by atoms with Gasteiger partial charge in [-0.25, -0.2) is 4.79 Å². The molecular formula is C29H36N4O6. The largest absolute Gasteiger partial charge is 0.497 e. The van der Waals surface area contributed by atoms with Gasteiger partial charge in [0.2, 0.25) is 5.91 Å². The van der Waals surface area contributed by atoms with Gasteiger partial charge in [-0.2, -0.15) is 0 Å². The maximum Gasteiger partial charge on any atom is 0.408 e. The van der Waals surface area contributed by atoms with Crippen LogP contribution in [-0.4, -0.2) is 47.5 Å². The van der Waals surface area contributed by atoms with Crippen molar-refractivity contribution in [3.05, 3.63) is 59.2 Å². The summed E-state index contributed by atoms with van der Waals surface area (Å²) in [5, 5.41) is 5.27. The summed E-state index contributed by atoms with van der Waals surface area (Å²) in [5.74, 6) is -1.43. The number of ether oxygens (including phenoxy) is 2. The first-order valence-electron chi connectivity index (χ1n) is 12.4. The topological polar surface area (TPSA) is 140 Å². The van der Waals surface area contributed by atoms with E-state index in [9.17, 15) is 19.2 Å². The zero-order valence-electron chi connectivity index (χ0n) is 23.2. The molecule has 4 N–H and O–H groups in total. The molecule has 0 saturated carbocycles. The summed E-state index contributed by atoms with van der Waals surface area (Å²) in [6.07, 6.45) is 4.58. The summed E-state index contributed by atoms with van der Waals surface area (Å²) in [6, 6.07) is 11.8. The van der Waals surface area contributed by atoms with Gasteiger partial charge in [-0.05, 0) is 82.0 Å². The Morgan fingerprint density at radius 3 is 2.26 bits per heavy atom. The Morgan fingerprint density at radius 2 is 1.72 bits per heavy atom. The molecule has 2 unspecified atom stereocenters. The summed E-state index contributed by atoms with van der Waals surface area (Å²) in [5.41, 5.74) is 7.06. The van der Waals surface area contributed by atoms with Crippen molar-refractivity contribution in [3.8, 4) is 18.2 Å². The fraction of sp³-hybridized carbons (Fsp3) is 0.379. The first-order chi connectivity index (χ1) is 18.3. The molecule has 10 nitrogen and oxygen atoms in total. The predicted molar refractivity (Wildman–Crippen MR) is 148 cm³/mol. The molecule has 2 atom stereocenters. The third kappa shape index (κ3) is 8.78. The van der Waals surface area contributed by atoms with Crippen molar-refractivity contribution >= 4 is 29.5 Å². The van der Waals surface area contributed by atoms with E-state index >= 15 is 0 Å². The normalized spacial score (nSPS) is 12.3. The van der Waals surface area contributed by atoms with Crippen LogP contribution < -0.4 is 21.1 Å². The lowest BCUT2D eigenvalue weighted by Crippen LogP contribution is -2.51. The van der Waals surface area contributed by atoms with Crippen molar-refractivity contribution in [1.29, 1.82) is 0 Å². The molecule has 0 fully saturated rings. The fourth-order valence-electron chi connectivity index (χ4n) is 3.78. The van der Waals surface area contributed by atoms with Crippen LogP contribution in [0.15, 0.2) is 42.5 Å². The monoisotopic (exact) mass is 536 g/mol. The lowest BCUT2D eigenvalue weighted by Gasteiger charge is -2.31. The highest BCUT2D eigenvalue weighted by Gasteiger charge is 2.37.